The molecule has 1 atom stereocenters. The maximum atomic E-state index is 14.1. The maximum absolute atomic E-state index is 14.1. The standard InChI is InChI=1S/C15H23FN2O3/c1-5-13(18-10-11(3)21-15(18)19)9-14(16)12(4)17-7-8-20-6-2/h5,9,11,17H,4,6-8,10H2,1-3H3/b13-5+,14-9+/t11-/m0/s1. The number of ether oxygens (including phenoxy) is 2. The minimum atomic E-state index is -0.521. The van der Waals surface area contributed by atoms with E-state index in [1.165, 1.54) is 11.0 Å². The summed E-state index contributed by atoms with van der Waals surface area (Å²) in [6, 6.07) is 0. The van der Waals surface area contributed by atoms with Crippen molar-refractivity contribution in [1.29, 1.82) is 0 Å². The minimum Gasteiger partial charge on any atom is -0.444 e. The number of cyclic esters (lactones) is 1. The third-order valence-electron chi connectivity index (χ3n) is 2.92. The van der Waals surface area contributed by atoms with Gasteiger partial charge in [0, 0.05) is 18.8 Å². The molecule has 0 aromatic carbocycles. The fourth-order valence-electron chi connectivity index (χ4n) is 1.85. The number of rotatable bonds is 8. The first-order chi connectivity index (χ1) is 9.99. The van der Waals surface area contributed by atoms with Crippen LogP contribution in [0.5, 0.6) is 0 Å². The summed E-state index contributed by atoms with van der Waals surface area (Å²) in [6.45, 7) is 11.0. The van der Waals surface area contributed by atoms with E-state index >= 15 is 0 Å². The molecule has 21 heavy (non-hydrogen) atoms. The normalized spacial score (nSPS) is 19.7. The Morgan fingerprint density at radius 1 is 1.67 bits per heavy atom. The highest BCUT2D eigenvalue weighted by molar-refractivity contribution is 5.73. The number of nitrogens with zero attached hydrogens (tertiary/aromatic N) is 1. The van der Waals surface area contributed by atoms with Gasteiger partial charge >= 0.3 is 6.09 Å². The monoisotopic (exact) mass is 298 g/mol. The Kier molecular flexibility index (Phi) is 6.94. The minimum absolute atomic E-state index is 0.162. The topological polar surface area (TPSA) is 50.8 Å². The molecule has 1 aliphatic rings. The Morgan fingerprint density at radius 2 is 2.38 bits per heavy atom. The van der Waals surface area contributed by atoms with E-state index in [0.717, 1.165) is 0 Å². The van der Waals surface area contributed by atoms with Gasteiger partial charge in [-0.3, -0.25) is 4.90 Å². The number of halogens is 1. The van der Waals surface area contributed by atoms with Crippen molar-refractivity contribution in [2.75, 3.05) is 26.3 Å². The molecular weight excluding hydrogens is 275 g/mol. The molecule has 1 N–H and O–H groups in total. The Bertz CT molecular complexity index is 446. The first-order valence-electron chi connectivity index (χ1n) is 7.02. The second kappa shape index (κ2) is 8.46. The third kappa shape index (κ3) is 5.23. The van der Waals surface area contributed by atoms with Gasteiger partial charge in [-0.25, -0.2) is 9.18 Å². The Morgan fingerprint density at radius 3 is 2.90 bits per heavy atom. The van der Waals surface area contributed by atoms with Gasteiger partial charge in [0.1, 0.15) is 11.9 Å². The SMILES string of the molecule is C=C(NCCOCC)/C(F)=C\C(=C/C)N1C[C@H](C)OC1=O. The van der Waals surface area contributed by atoms with E-state index in [1.54, 1.807) is 19.9 Å². The summed E-state index contributed by atoms with van der Waals surface area (Å²) < 4.78 is 24.2. The molecule has 0 spiro atoms. The molecular formula is C15H23FN2O3. The Labute approximate surface area is 125 Å². The van der Waals surface area contributed by atoms with E-state index in [9.17, 15) is 9.18 Å². The molecule has 1 aliphatic heterocycles. The molecule has 1 heterocycles. The molecule has 6 heteroatoms. The summed E-state index contributed by atoms with van der Waals surface area (Å²) in [6.07, 6.45) is 2.27. The summed E-state index contributed by atoms with van der Waals surface area (Å²) in [5, 5.41) is 2.83. The van der Waals surface area contributed by atoms with Crippen LogP contribution in [0.15, 0.2) is 36.0 Å². The number of hydrogen-bond acceptors (Lipinski definition) is 4. The highest BCUT2D eigenvalue weighted by atomic mass is 19.1. The molecule has 1 amide bonds. The van der Waals surface area contributed by atoms with Crippen LogP contribution in [-0.2, 0) is 9.47 Å². The lowest BCUT2D eigenvalue weighted by molar-refractivity contribution is 0.141. The van der Waals surface area contributed by atoms with Crippen LogP contribution in [-0.4, -0.2) is 43.4 Å². The number of carbonyl (C=O) groups excluding carboxylic acids is 1. The maximum Gasteiger partial charge on any atom is 0.414 e. The van der Waals surface area contributed by atoms with Crippen LogP contribution in [0.1, 0.15) is 20.8 Å². The molecule has 0 aromatic heterocycles. The number of hydrogen-bond donors (Lipinski definition) is 1. The van der Waals surface area contributed by atoms with Crippen LogP contribution in [0, 0.1) is 0 Å². The fourth-order valence-corrected chi connectivity index (χ4v) is 1.85. The number of nitrogens with one attached hydrogen (secondary N) is 1. The van der Waals surface area contributed by atoms with Crippen LogP contribution in [0.2, 0.25) is 0 Å². The summed E-state index contributed by atoms with van der Waals surface area (Å²) in [7, 11) is 0. The zero-order chi connectivity index (χ0) is 15.8. The third-order valence-corrected chi connectivity index (χ3v) is 2.92. The van der Waals surface area contributed by atoms with Crippen LogP contribution in [0.3, 0.4) is 0 Å². The fraction of sp³-hybridized carbons (Fsp3) is 0.533. The number of allylic oxidation sites excluding steroid dienone is 3. The van der Waals surface area contributed by atoms with Gasteiger partial charge < -0.3 is 14.8 Å². The van der Waals surface area contributed by atoms with Crippen LogP contribution in [0.4, 0.5) is 9.18 Å². The average Bonchev–Trinajstić information content (AvgIpc) is 2.79. The number of carbonyl (C=O) groups is 1. The lowest BCUT2D eigenvalue weighted by Gasteiger charge is -2.14. The Balaban J connectivity index is 2.61. The van der Waals surface area contributed by atoms with E-state index in [2.05, 4.69) is 11.9 Å². The number of amides is 1. The zero-order valence-corrected chi connectivity index (χ0v) is 12.8. The van der Waals surface area contributed by atoms with Crippen molar-refractivity contribution in [3.8, 4) is 0 Å². The molecule has 5 nitrogen and oxygen atoms in total. The lowest BCUT2D eigenvalue weighted by Crippen LogP contribution is -2.24. The van der Waals surface area contributed by atoms with E-state index in [4.69, 9.17) is 9.47 Å². The first kappa shape index (κ1) is 17.2. The Hall–Kier alpha value is -1.82. The highest BCUT2D eigenvalue weighted by Gasteiger charge is 2.30. The van der Waals surface area contributed by atoms with Gasteiger partial charge in [-0.1, -0.05) is 12.7 Å². The van der Waals surface area contributed by atoms with E-state index in [-0.39, 0.29) is 11.8 Å². The largest absolute Gasteiger partial charge is 0.444 e. The molecule has 0 radical (unpaired) electrons. The average molecular weight is 298 g/mol. The van der Waals surface area contributed by atoms with Crippen LogP contribution >= 0.6 is 0 Å². The highest BCUT2D eigenvalue weighted by Crippen LogP contribution is 2.20. The van der Waals surface area contributed by atoms with Crippen molar-refractivity contribution in [2.45, 2.75) is 26.9 Å². The van der Waals surface area contributed by atoms with E-state index < -0.39 is 11.9 Å². The second-order valence-corrected chi connectivity index (χ2v) is 4.61. The molecule has 118 valence electrons. The van der Waals surface area contributed by atoms with Gasteiger partial charge in [-0.2, -0.15) is 0 Å². The molecule has 1 saturated heterocycles. The van der Waals surface area contributed by atoms with Crippen molar-refractivity contribution >= 4 is 6.09 Å². The molecule has 0 aromatic rings. The van der Waals surface area contributed by atoms with Crippen LogP contribution < -0.4 is 5.32 Å². The quantitative estimate of drug-likeness (QED) is 0.553. The van der Waals surface area contributed by atoms with Gasteiger partial charge in [0.2, 0.25) is 0 Å². The smallest absolute Gasteiger partial charge is 0.414 e. The predicted octanol–water partition coefficient (Wildman–Crippen LogP) is 2.72. The predicted molar refractivity (Wildman–Crippen MR) is 79.2 cm³/mol. The van der Waals surface area contributed by atoms with E-state index in [1.807, 2.05) is 6.92 Å². The molecule has 0 saturated carbocycles. The van der Waals surface area contributed by atoms with Gasteiger partial charge in [0.05, 0.1) is 18.8 Å². The molecule has 0 aliphatic carbocycles. The lowest BCUT2D eigenvalue weighted by atomic mass is 10.2. The van der Waals surface area contributed by atoms with Gasteiger partial charge in [-0.05, 0) is 26.8 Å². The van der Waals surface area contributed by atoms with Crippen molar-refractivity contribution in [3.63, 3.8) is 0 Å². The molecule has 1 rings (SSSR count). The van der Waals surface area contributed by atoms with Crippen molar-refractivity contribution < 1.29 is 18.7 Å². The summed E-state index contributed by atoms with van der Waals surface area (Å²) in [4.78, 5) is 13.0. The van der Waals surface area contributed by atoms with Crippen molar-refractivity contribution in [3.05, 3.63) is 36.0 Å². The van der Waals surface area contributed by atoms with Crippen molar-refractivity contribution in [1.82, 2.24) is 10.2 Å². The summed E-state index contributed by atoms with van der Waals surface area (Å²) >= 11 is 0. The zero-order valence-electron chi connectivity index (χ0n) is 12.8. The first-order valence-corrected chi connectivity index (χ1v) is 7.02. The molecule has 0 unspecified atom stereocenters. The molecule has 1 fully saturated rings. The summed E-state index contributed by atoms with van der Waals surface area (Å²) in [5.74, 6) is -0.521. The van der Waals surface area contributed by atoms with E-state index in [0.29, 0.717) is 32.0 Å². The summed E-state index contributed by atoms with van der Waals surface area (Å²) in [5.41, 5.74) is 0.615. The van der Waals surface area contributed by atoms with Gasteiger partial charge in [-0.15, -0.1) is 0 Å². The van der Waals surface area contributed by atoms with Crippen LogP contribution in [0.25, 0.3) is 0 Å². The molecule has 0 bridgehead atoms. The van der Waals surface area contributed by atoms with Gasteiger partial charge in [0.15, 0.2) is 0 Å². The van der Waals surface area contributed by atoms with Gasteiger partial charge in [0.25, 0.3) is 0 Å². The second-order valence-electron chi connectivity index (χ2n) is 4.61. The van der Waals surface area contributed by atoms with Crippen molar-refractivity contribution in [2.24, 2.45) is 0 Å².